The molecule has 1 amide bonds. The third-order valence-electron chi connectivity index (χ3n) is 3.85. The second-order valence-corrected chi connectivity index (χ2v) is 5.90. The third kappa shape index (κ3) is 5.62. The Morgan fingerprint density at radius 3 is 2.71 bits per heavy atom. The molecule has 1 aliphatic carbocycles. The minimum absolute atomic E-state index is 0. The van der Waals surface area contributed by atoms with Gasteiger partial charge in [0.05, 0.1) is 17.9 Å². The van der Waals surface area contributed by atoms with Gasteiger partial charge in [-0.2, -0.15) is 5.10 Å². The Morgan fingerprint density at radius 1 is 1.25 bits per heavy atom. The molecule has 5 nitrogen and oxygen atoms in total. The van der Waals surface area contributed by atoms with Crippen molar-refractivity contribution in [2.75, 3.05) is 19.6 Å². The molecule has 0 atom stereocenters. The van der Waals surface area contributed by atoms with Gasteiger partial charge in [0.2, 0.25) is 5.91 Å². The molecule has 1 heterocycles. The van der Waals surface area contributed by atoms with Gasteiger partial charge in [0.1, 0.15) is 5.82 Å². The molecule has 1 aromatic carbocycles. The maximum atomic E-state index is 12.9. The van der Waals surface area contributed by atoms with E-state index in [-0.39, 0.29) is 24.1 Å². The van der Waals surface area contributed by atoms with Crippen molar-refractivity contribution >= 4 is 18.3 Å². The number of nitrogens with zero attached hydrogens (tertiary/aromatic N) is 2. The van der Waals surface area contributed by atoms with E-state index >= 15 is 0 Å². The lowest BCUT2D eigenvalue weighted by atomic mass is 10.3. The Hall–Kier alpha value is -1.92. The number of rotatable bonds is 8. The van der Waals surface area contributed by atoms with Gasteiger partial charge in [-0.05, 0) is 55.6 Å². The van der Waals surface area contributed by atoms with Crippen LogP contribution in [0, 0.1) is 11.7 Å². The molecule has 0 aliphatic heterocycles. The first-order valence-corrected chi connectivity index (χ1v) is 7.98. The van der Waals surface area contributed by atoms with E-state index < -0.39 is 0 Å². The molecular weight excluding hydrogens is 331 g/mol. The van der Waals surface area contributed by atoms with Crippen LogP contribution in [0.2, 0.25) is 0 Å². The molecule has 130 valence electrons. The van der Waals surface area contributed by atoms with Gasteiger partial charge in [-0.1, -0.05) is 0 Å². The maximum absolute atomic E-state index is 12.9. The monoisotopic (exact) mass is 352 g/mol. The molecule has 1 fully saturated rings. The fourth-order valence-corrected chi connectivity index (χ4v) is 2.34. The number of benzene rings is 1. The molecule has 3 rings (SSSR count). The highest BCUT2D eigenvalue weighted by molar-refractivity contribution is 5.85. The van der Waals surface area contributed by atoms with Crippen LogP contribution < -0.4 is 10.6 Å². The fourth-order valence-electron chi connectivity index (χ4n) is 2.34. The smallest absolute Gasteiger partial charge is 0.233 e. The van der Waals surface area contributed by atoms with E-state index in [1.54, 1.807) is 16.8 Å². The summed E-state index contributed by atoms with van der Waals surface area (Å²) in [6.45, 7) is 1.88. The number of carbonyl (C=O) groups excluding carboxylic acids is 1. The van der Waals surface area contributed by atoms with Crippen LogP contribution in [0.3, 0.4) is 0 Å². The maximum Gasteiger partial charge on any atom is 0.233 e. The fraction of sp³-hybridized carbons (Fsp3) is 0.412. The Balaban J connectivity index is 0.00000208. The lowest BCUT2D eigenvalue weighted by Crippen LogP contribution is -2.35. The molecular formula is C17H22ClFN4O. The Kier molecular flexibility index (Phi) is 6.75. The number of carbonyl (C=O) groups is 1. The standard InChI is InChI=1S/C17H21FN4O.ClH/c18-14-3-5-16(6-4-14)22-10-8-15(21-22)7-9-20-17(23)12-19-11-13-1-2-13;/h3-6,8,10,13,19H,1-2,7,9,11-12H2,(H,20,23);1H. The summed E-state index contributed by atoms with van der Waals surface area (Å²) in [6, 6.07) is 8.08. The van der Waals surface area contributed by atoms with Crippen molar-refractivity contribution in [2.24, 2.45) is 5.92 Å². The van der Waals surface area contributed by atoms with E-state index in [0.717, 1.165) is 23.8 Å². The SMILES string of the molecule is Cl.O=C(CNCC1CC1)NCCc1ccn(-c2ccc(F)cc2)n1. The van der Waals surface area contributed by atoms with E-state index in [1.807, 2.05) is 12.3 Å². The zero-order valence-electron chi connectivity index (χ0n) is 13.4. The molecule has 0 spiro atoms. The molecule has 2 N–H and O–H groups in total. The van der Waals surface area contributed by atoms with Crippen molar-refractivity contribution in [3.8, 4) is 5.69 Å². The first-order chi connectivity index (χ1) is 11.2. The number of nitrogens with one attached hydrogen (secondary N) is 2. The highest BCUT2D eigenvalue weighted by Crippen LogP contribution is 2.27. The lowest BCUT2D eigenvalue weighted by molar-refractivity contribution is -0.120. The number of hydrogen-bond acceptors (Lipinski definition) is 3. The van der Waals surface area contributed by atoms with E-state index in [0.29, 0.717) is 19.5 Å². The summed E-state index contributed by atoms with van der Waals surface area (Å²) in [7, 11) is 0. The van der Waals surface area contributed by atoms with Gasteiger partial charge in [0.15, 0.2) is 0 Å². The van der Waals surface area contributed by atoms with E-state index in [4.69, 9.17) is 0 Å². The van der Waals surface area contributed by atoms with Gasteiger partial charge in [-0.15, -0.1) is 12.4 Å². The van der Waals surface area contributed by atoms with Gasteiger partial charge < -0.3 is 10.6 Å². The molecule has 24 heavy (non-hydrogen) atoms. The van der Waals surface area contributed by atoms with Crippen LogP contribution in [0.15, 0.2) is 36.5 Å². The van der Waals surface area contributed by atoms with Crippen molar-refractivity contribution in [1.82, 2.24) is 20.4 Å². The first kappa shape index (κ1) is 18.4. The largest absolute Gasteiger partial charge is 0.355 e. The van der Waals surface area contributed by atoms with Gasteiger partial charge in [0.25, 0.3) is 0 Å². The Morgan fingerprint density at radius 2 is 2.00 bits per heavy atom. The first-order valence-electron chi connectivity index (χ1n) is 7.98. The third-order valence-corrected chi connectivity index (χ3v) is 3.85. The molecule has 1 aromatic heterocycles. The van der Waals surface area contributed by atoms with Crippen LogP contribution in [-0.2, 0) is 11.2 Å². The van der Waals surface area contributed by atoms with Gasteiger partial charge in [-0.25, -0.2) is 9.07 Å². The van der Waals surface area contributed by atoms with E-state index in [2.05, 4.69) is 15.7 Å². The van der Waals surface area contributed by atoms with Crippen molar-refractivity contribution in [2.45, 2.75) is 19.3 Å². The lowest BCUT2D eigenvalue weighted by Gasteiger charge is -2.05. The summed E-state index contributed by atoms with van der Waals surface area (Å²) in [5.41, 5.74) is 1.70. The Labute approximate surface area is 147 Å². The summed E-state index contributed by atoms with van der Waals surface area (Å²) in [6.07, 6.45) is 5.07. The molecule has 2 aromatic rings. The van der Waals surface area contributed by atoms with Crippen LogP contribution in [0.5, 0.6) is 0 Å². The van der Waals surface area contributed by atoms with Crippen LogP contribution in [0.4, 0.5) is 4.39 Å². The van der Waals surface area contributed by atoms with Crippen LogP contribution >= 0.6 is 12.4 Å². The van der Waals surface area contributed by atoms with Crippen LogP contribution in [0.1, 0.15) is 18.5 Å². The quantitative estimate of drug-likeness (QED) is 0.765. The Bertz CT molecular complexity index is 655. The second kappa shape index (κ2) is 8.80. The number of halogens is 2. The zero-order chi connectivity index (χ0) is 16.1. The number of aromatic nitrogens is 2. The molecule has 0 saturated heterocycles. The predicted octanol–water partition coefficient (Wildman–Crippen LogP) is 2.09. The number of hydrogen-bond donors (Lipinski definition) is 2. The van der Waals surface area contributed by atoms with Crippen LogP contribution in [-0.4, -0.2) is 35.3 Å². The molecule has 1 saturated carbocycles. The summed E-state index contributed by atoms with van der Waals surface area (Å²) >= 11 is 0. The minimum Gasteiger partial charge on any atom is -0.355 e. The average molecular weight is 353 g/mol. The van der Waals surface area contributed by atoms with Crippen LogP contribution in [0.25, 0.3) is 5.69 Å². The van der Waals surface area contributed by atoms with E-state index in [9.17, 15) is 9.18 Å². The minimum atomic E-state index is -0.265. The molecule has 1 aliphatic rings. The van der Waals surface area contributed by atoms with Crippen molar-refractivity contribution in [1.29, 1.82) is 0 Å². The molecule has 0 bridgehead atoms. The molecule has 7 heteroatoms. The van der Waals surface area contributed by atoms with Gasteiger partial charge in [0, 0.05) is 19.2 Å². The summed E-state index contributed by atoms with van der Waals surface area (Å²) in [5, 5.41) is 10.5. The average Bonchev–Trinajstić information content (AvgIpc) is 3.25. The normalized spacial score (nSPS) is 13.4. The number of amides is 1. The van der Waals surface area contributed by atoms with Crippen molar-refractivity contribution in [3.05, 3.63) is 48.0 Å². The zero-order valence-corrected chi connectivity index (χ0v) is 14.2. The second-order valence-electron chi connectivity index (χ2n) is 5.90. The molecule has 0 unspecified atom stereocenters. The van der Waals surface area contributed by atoms with Gasteiger partial charge in [-0.3, -0.25) is 4.79 Å². The topological polar surface area (TPSA) is 59.0 Å². The van der Waals surface area contributed by atoms with Crippen molar-refractivity contribution < 1.29 is 9.18 Å². The predicted molar refractivity (Wildman–Crippen MR) is 93.1 cm³/mol. The summed E-state index contributed by atoms with van der Waals surface area (Å²) < 4.78 is 14.6. The van der Waals surface area contributed by atoms with Crippen molar-refractivity contribution in [3.63, 3.8) is 0 Å². The highest BCUT2D eigenvalue weighted by Gasteiger charge is 2.20. The van der Waals surface area contributed by atoms with E-state index in [1.165, 1.54) is 25.0 Å². The highest BCUT2D eigenvalue weighted by atomic mass is 35.5. The van der Waals surface area contributed by atoms with Gasteiger partial charge >= 0.3 is 0 Å². The summed E-state index contributed by atoms with van der Waals surface area (Å²) in [5.74, 6) is 0.529. The summed E-state index contributed by atoms with van der Waals surface area (Å²) in [4.78, 5) is 11.7. The molecule has 0 radical (unpaired) electrons.